The van der Waals surface area contributed by atoms with E-state index in [0.29, 0.717) is 51.0 Å². The summed E-state index contributed by atoms with van der Waals surface area (Å²) in [5.74, 6) is 0.406. The Hall–Kier alpha value is -3.10. The Labute approximate surface area is 190 Å². The molecule has 2 aromatic rings. The molecule has 176 valence electrons. The molecule has 9 heteroatoms. The molecule has 2 aliphatic heterocycles. The number of piperidine rings is 2. The van der Waals surface area contributed by atoms with E-state index in [4.69, 9.17) is 0 Å². The van der Waals surface area contributed by atoms with Crippen LogP contribution in [0.4, 0.5) is 24.5 Å². The third-order valence-electron chi connectivity index (χ3n) is 6.76. The summed E-state index contributed by atoms with van der Waals surface area (Å²) in [6.45, 7) is 2.21. The Morgan fingerprint density at radius 1 is 0.939 bits per heavy atom. The molecule has 0 saturated carbocycles. The van der Waals surface area contributed by atoms with Crippen LogP contribution in [0.25, 0.3) is 0 Å². The topological polar surface area (TPSA) is 66.7 Å². The molecule has 2 fully saturated rings. The molecule has 6 nitrogen and oxygen atoms in total. The highest BCUT2D eigenvalue weighted by molar-refractivity contribution is 5.79. The summed E-state index contributed by atoms with van der Waals surface area (Å²) in [5, 5.41) is 11.4. The summed E-state index contributed by atoms with van der Waals surface area (Å²) >= 11 is 0. The zero-order chi connectivity index (χ0) is 23.6. The molecule has 0 N–H and O–H groups in total. The van der Waals surface area contributed by atoms with Crippen LogP contribution in [0, 0.1) is 16.0 Å². The first-order chi connectivity index (χ1) is 15.7. The van der Waals surface area contributed by atoms with Crippen molar-refractivity contribution in [1.82, 2.24) is 4.90 Å². The lowest BCUT2D eigenvalue weighted by atomic mass is 9.88. The van der Waals surface area contributed by atoms with Crippen LogP contribution in [0.1, 0.15) is 42.7 Å². The second-order valence-corrected chi connectivity index (χ2v) is 8.73. The first-order valence-corrected chi connectivity index (χ1v) is 11.2. The number of likely N-dealkylation sites (tertiary alicyclic amines) is 1. The number of alkyl halides is 3. The number of amides is 1. The van der Waals surface area contributed by atoms with Gasteiger partial charge in [0.2, 0.25) is 5.91 Å². The Morgan fingerprint density at radius 2 is 1.58 bits per heavy atom. The quantitative estimate of drug-likeness (QED) is 0.462. The molecule has 1 amide bonds. The lowest BCUT2D eigenvalue weighted by Crippen LogP contribution is -2.45. The number of halogens is 3. The van der Waals surface area contributed by atoms with E-state index in [-0.39, 0.29) is 17.5 Å². The van der Waals surface area contributed by atoms with E-state index in [0.717, 1.165) is 25.0 Å². The molecule has 0 radical (unpaired) electrons. The first-order valence-electron chi connectivity index (χ1n) is 11.2. The predicted octanol–water partition coefficient (Wildman–Crippen LogP) is 5.24. The van der Waals surface area contributed by atoms with Gasteiger partial charge >= 0.3 is 6.18 Å². The van der Waals surface area contributed by atoms with Crippen molar-refractivity contribution in [2.45, 2.75) is 37.8 Å². The molecule has 2 aromatic carbocycles. The third kappa shape index (κ3) is 5.12. The normalized spacial score (nSPS) is 18.4. The number of benzene rings is 2. The van der Waals surface area contributed by atoms with Crippen LogP contribution in [0.15, 0.2) is 48.5 Å². The molecule has 2 aliphatic rings. The maximum absolute atomic E-state index is 13.0. The van der Waals surface area contributed by atoms with Gasteiger partial charge in [0.25, 0.3) is 5.69 Å². The lowest BCUT2D eigenvalue weighted by molar-refractivity contribution is -0.384. The maximum atomic E-state index is 13.0. The van der Waals surface area contributed by atoms with Crippen LogP contribution in [0.3, 0.4) is 0 Å². The number of hydrogen-bond donors (Lipinski definition) is 0. The van der Waals surface area contributed by atoms with Gasteiger partial charge < -0.3 is 9.80 Å². The number of carbonyl (C=O) groups is 1. The van der Waals surface area contributed by atoms with Crippen molar-refractivity contribution in [2.24, 2.45) is 5.92 Å². The SMILES string of the molecule is O=C(C1CCN(c2ccc(C(F)(F)F)cc2[N+](=O)[O-])CC1)N1CCC(c2ccccc2)CC1. The minimum Gasteiger partial charge on any atom is -0.366 e. The summed E-state index contributed by atoms with van der Waals surface area (Å²) in [5.41, 5.74) is -0.127. The Morgan fingerprint density at radius 3 is 2.15 bits per heavy atom. The van der Waals surface area contributed by atoms with Gasteiger partial charge in [0, 0.05) is 38.2 Å². The van der Waals surface area contributed by atoms with Gasteiger partial charge in [0.05, 0.1) is 10.5 Å². The number of nitro groups is 1. The van der Waals surface area contributed by atoms with Crippen molar-refractivity contribution in [1.29, 1.82) is 0 Å². The fraction of sp³-hybridized carbons (Fsp3) is 0.458. The van der Waals surface area contributed by atoms with Crippen LogP contribution in [0.5, 0.6) is 0 Å². The van der Waals surface area contributed by atoms with E-state index in [2.05, 4.69) is 12.1 Å². The zero-order valence-corrected chi connectivity index (χ0v) is 18.1. The maximum Gasteiger partial charge on any atom is 0.416 e. The highest BCUT2D eigenvalue weighted by Gasteiger charge is 2.36. The number of hydrogen-bond acceptors (Lipinski definition) is 4. The fourth-order valence-corrected chi connectivity index (χ4v) is 4.90. The second-order valence-electron chi connectivity index (χ2n) is 8.73. The van der Waals surface area contributed by atoms with Crippen LogP contribution < -0.4 is 4.90 Å². The van der Waals surface area contributed by atoms with E-state index in [1.165, 1.54) is 5.56 Å². The summed E-state index contributed by atoms with van der Waals surface area (Å²) in [7, 11) is 0. The fourth-order valence-electron chi connectivity index (χ4n) is 4.90. The molecular weight excluding hydrogens is 435 g/mol. The van der Waals surface area contributed by atoms with Gasteiger partial charge in [-0.3, -0.25) is 14.9 Å². The van der Waals surface area contributed by atoms with Crippen LogP contribution >= 0.6 is 0 Å². The monoisotopic (exact) mass is 461 g/mol. The molecule has 0 atom stereocenters. The molecule has 2 heterocycles. The molecule has 2 saturated heterocycles. The number of nitro benzene ring substituents is 1. The van der Waals surface area contributed by atoms with Gasteiger partial charge in [0.15, 0.2) is 0 Å². The number of rotatable bonds is 4. The van der Waals surface area contributed by atoms with Crippen molar-refractivity contribution in [3.63, 3.8) is 0 Å². The molecule has 0 spiro atoms. The number of carbonyl (C=O) groups excluding carboxylic acids is 1. The van der Waals surface area contributed by atoms with E-state index in [9.17, 15) is 28.1 Å². The van der Waals surface area contributed by atoms with Crippen molar-refractivity contribution in [3.8, 4) is 0 Å². The highest BCUT2D eigenvalue weighted by atomic mass is 19.4. The Kier molecular flexibility index (Phi) is 6.58. The minimum atomic E-state index is -4.64. The van der Waals surface area contributed by atoms with Crippen molar-refractivity contribution in [2.75, 3.05) is 31.1 Å². The average Bonchev–Trinajstić information content (AvgIpc) is 2.83. The Bertz CT molecular complexity index is 997. The zero-order valence-electron chi connectivity index (χ0n) is 18.1. The minimum absolute atomic E-state index is 0.114. The second kappa shape index (κ2) is 9.41. The van der Waals surface area contributed by atoms with E-state index >= 15 is 0 Å². The van der Waals surface area contributed by atoms with Gasteiger partial charge in [0.1, 0.15) is 5.69 Å². The predicted molar refractivity (Wildman–Crippen MR) is 118 cm³/mol. The summed E-state index contributed by atoms with van der Waals surface area (Å²) in [4.78, 5) is 27.3. The molecule has 0 aromatic heterocycles. The van der Waals surface area contributed by atoms with Gasteiger partial charge in [-0.05, 0) is 49.3 Å². The van der Waals surface area contributed by atoms with E-state index < -0.39 is 22.4 Å². The highest BCUT2D eigenvalue weighted by Crippen LogP contribution is 2.38. The summed E-state index contributed by atoms with van der Waals surface area (Å²) in [6, 6.07) is 12.9. The lowest BCUT2D eigenvalue weighted by Gasteiger charge is -2.38. The largest absolute Gasteiger partial charge is 0.416 e. The van der Waals surface area contributed by atoms with E-state index in [1.807, 2.05) is 23.1 Å². The number of nitrogens with zero attached hydrogens (tertiary/aromatic N) is 3. The van der Waals surface area contributed by atoms with Crippen molar-refractivity contribution in [3.05, 3.63) is 69.8 Å². The van der Waals surface area contributed by atoms with Crippen LogP contribution in [-0.2, 0) is 11.0 Å². The smallest absolute Gasteiger partial charge is 0.366 e. The summed E-state index contributed by atoms with van der Waals surface area (Å²) < 4.78 is 38.9. The molecule has 0 unspecified atom stereocenters. The molecule has 0 bridgehead atoms. The number of anilines is 1. The molecular formula is C24H26F3N3O3. The van der Waals surface area contributed by atoms with E-state index in [1.54, 1.807) is 4.90 Å². The van der Waals surface area contributed by atoms with Gasteiger partial charge in [-0.1, -0.05) is 30.3 Å². The van der Waals surface area contributed by atoms with Gasteiger partial charge in [-0.25, -0.2) is 0 Å². The van der Waals surface area contributed by atoms with Crippen LogP contribution in [0.2, 0.25) is 0 Å². The summed E-state index contributed by atoms with van der Waals surface area (Å²) in [6.07, 6.45) is -1.75. The standard InChI is InChI=1S/C24H26F3N3O3/c25-24(26,27)20-6-7-21(22(16-20)30(32)33)28-12-10-19(11-13-28)23(31)29-14-8-18(9-15-29)17-4-2-1-3-5-17/h1-7,16,18-19H,8-15H2. The van der Waals surface area contributed by atoms with Crippen LogP contribution in [-0.4, -0.2) is 41.9 Å². The Balaban J connectivity index is 1.35. The average molecular weight is 461 g/mol. The van der Waals surface area contributed by atoms with Gasteiger partial charge in [-0.15, -0.1) is 0 Å². The van der Waals surface area contributed by atoms with Gasteiger partial charge in [-0.2, -0.15) is 13.2 Å². The van der Waals surface area contributed by atoms with Crippen molar-refractivity contribution < 1.29 is 22.9 Å². The first kappa shape index (κ1) is 23.1. The molecule has 4 rings (SSSR count). The third-order valence-corrected chi connectivity index (χ3v) is 6.76. The molecule has 33 heavy (non-hydrogen) atoms. The molecule has 0 aliphatic carbocycles. The van der Waals surface area contributed by atoms with Crippen molar-refractivity contribution >= 4 is 17.3 Å².